The van der Waals surface area contributed by atoms with Gasteiger partial charge in [-0.2, -0.15) is 0 Å². The maximum atomic E-state index is 13.9. The Kier molecular flexibility index (Phi) is 9.41. The molecule has 5 nitrogen and oxygen atoms in total. The van der Waals surface area contributed by atoms with Gasteiger partial charge < -0.3 is 20.5 Å². The minimum Gasteiger partial charge on any atom is -0.487 e. The first-order valence-corrected chi connectivity index (χ1v) is 14.1. The lowest BCUT2D eigenvalue weighted by Gasteiger charge is -2.34. The van der Waals surface area contributed by atoms with Crippen LogP contribution >= 0.6 is 15.9 Å². The number of aryl methyl sites for hydroxylation is 2. The number of amides is 1. The zero-order chi connectivity index (χ0) is 28.2. The highest BCUT2D eigenvalue weighted by Gasteiger charge is 2.32. The van der Waals surface area contributed by atoms with E-state index in [1.165, 1.54) is 17.7 Å². The fraction of sp³-hybridized carbons (Fsp3) is 0.387. The van der Waals surface area contributed by atoms with Crippen molar-refractivity contribution in [3.05, 3.63) is 98.5 Å². The Morgan fingerprint density at radius 3 is 2.51 bits per heavy atom. The van der Waals surface area contributed by atoms with Gasteiger partial charge >= 0.3 is 0 Å². The second-order valence-corrected chi connectivity index (χ2v) is 11.7. The Labute approximate surface area is 237 Å². The Bertz CT molecular complexity index is 1310. The number of rotatable bonds is 10. The monoisotopic (exact) mass is 600 g/mol. The summed E-state index contributed by atoms with van der Waals surface area (Å²) < 4.78 is 34.8. The third-order valence-corrected chi connectivity index (χ3v) is 7.45. The molecule has 0 radical (unpaired) electrons. The molecule has 0 aliphatic carbocycles. The molecule has 208 valence electrons. The van der Waals surface area contributed by atoms with Crippen molar-refractivity contribution < 1.29 is 23.4 Å². The summed E-state index contributed by atoms with van der Waals surface area (Å²) in [7, 11) is 0. The lowest BCUT2D eigenvalue weighted by Crippen LogP contribution is -2.49. The second kappa shape index (κ2) is 12.6. The smallest absolute Gasteiger partial charge is 0.255 e. The molecular weight excluding hydrogens is 566 g/mol. The van der Waals surface area contributed by atoms with Gasteiger partial charge in [-0.05, 0) is 86.1 Å². The first-order chi connectivity index (χ1) is 18.5. The van der Waals surface area contributed by atoms with Crippen LogP contribution in [0.1, 0.15) is 59.8 Å². The van der Waals surface area contributed by atoms with Crippen molar-refractivity contribution in [1.29, 1.82) is 0 Å². The molecule has 0 bridgehead atoms. The van der Waals surface area contributed by atoms with Gasteiger partial charge in [0.1, 0.15) is 23.0 Å². The van der Waals surface area contributed by atoms with Crippen LogP contribution in [-0.4, -0.2) is 35.3 Å². The molecule has 0 aromatic heterocycles. The fourth-order valence-electron chi connectivity index (χ4n) is 4.87. The van der Waals surface area contributed by atoms with Crippen LogP contribution in [0.5, 0.6) is 5.75 Å². The predicted molar refractivity (Wildman–Crippen MR) is 152 cm³/mol. The van der Waals surface area contributed by atoms with Crippen molar-refractivity contribution in [3.8, 4) is 5.75 Å². The second-order valence-electron chi connectivity index (χ2n) is 10.7. The van der Waals surface area contributed by atoms with Gasteiger partial charge in [-0.1, -0.05) is 47.1 Å². The van der Waals surface area contributed by atoms with Crippen LogP contribution in [0.3, 0.4) is 0 Å². The number of hydrogen-bond donors (Lipinski definition) is 3. The summed E-state index contributed by atoms with van der Waals surface area (Å²) in [5.41, 5.74) is 3.48. The van der Waals surface area contributed by atoms with Gasteiger partial charge in [0.15, 0.2) is 0 Å². The number of benzene rings is 3. The van der Waals surface area contributed by atoms with E-state index in [0.29, 0.717) is 23.4 Å². The van der Waals surface area contributed by atoms with E-state index in [-0.39, 0.29) is 13.0 Å². The summed E-state index contributed by atoms with van der Waals surface area (Å²) in [6.45, 7) is 6.74. The minimum atomic E-state index is -1.03. The molecule has 2 atom stereocenters. The summed E-state index contributed by atoms with van der Waals surface area (Å²) >= 11 is 3.49. The predicted octanol–water partition coefficient (Wildman–Crippen LogP) is 5.89. The number of carbonyl (C=O) groups is 1. The highest BCUT2D eigenvalue weighted by Crippen LogP contribution is 2.38. The molecule has 3 N–H and O–H groups in total. The Morgan fingerprint density at radius 2 is 1.79 bits per heavy atom. The van der Waals surface area contributed by atoms with E-state index in [1.807, 2.05) is 32.0 Å². The number of fused-ring (bicyclic) bond motifs is 1. The summed E-state index contributed by atoms with van der Waals surface area (Å²) in [5, 5.41) is 17.3. The lowest BCUT2D eigenvalue weighted by molar-refractivity contribution is 0.0749. The molecule has 1 aliphatic rings. The van der Waals surface area contributed by atoms with Gasteiger partial charge in [0, 0.05) is 23.6 Å². The quantitative estimate of drug-likeness (QED) is 0.271. The zero-order valence-corrected chi connectivity index (χ0v) is 24.1. The molecular formula is C31H35BrF2N2O3. The van der Waals surface area contributed by atoms with Gasteiger partial charge in [-0.3, -0.25) is 4.79 Å². The molecule has 1 aliphatic heterocycles. The first kappa shape index (κ1) is 29.2. The summed E-state index contributed by atoms with van der Waals surface area (Å²) in [6.07, 6.45) is 1.51. The third kappa shape index (κ3) is 7.87. The van der Waals surface area contributed by atoms with E-state index >= 15 is 0 Å². The van der Waals surface area contributed by atoms with Gasteiger partial charge in [0.2, 0.25) is 0 Å². The molecule has 8 heteroatoms. The zero-order valence-electron chi connectivity index (χ0n) is 22.5. The van der Waals surface area contributed by atoms with Crippen molar-refractivity contribution in [2.45, 2.75) is 70.7 Å². The van der Waals surface area contributed by atoms with Crippen molar-refractivity contribution in [1.82, 2.24) is 10.6 Å². The van der Waals surface area contributed by atoms with E-state index in [0.717, 1.165) is 40.9 Å². The molecule has 0 fully saturated rings. The van der Waals surface area contributed by atoms with Gasteiger partial charge in [-0.25, -0.2) is 8.78 Å². The van der Waals surface area contributed by atoms with Crippen molar-refractivity contribution in [2.24, 2.45) is 0 Å². The summed E-state index contributed by atoms with van der Waals surface area (Å²) in [6, 6.07) is 14.2. The Morgan fingerprint density at radius 1 is 1.08 bits per heavy atom. The number of hydrogen-bond acceptors (Lipinski definition) is 4. The van der Waals surface area contributed by atoms with Crippen molar-refractivity contribution >= 4 is 21.8 Å². The van der Waals surface area contributed by atoms with E-state index in [9.17, 15) is 18.7 Å². The van der Waals surface area contributed by atoms with Crippen molar-refractivity contribution in [3.63, 3.8) is 0 Å². The normalized spacial score (nSPS) is 15.7. The Hall–Kier alpha value is -2.81. The van der Waals surface area contributed by atoms with Crippen LogP contribution in [0.15, 0.2) is 59.1 Å². The van der Waals surface area contributed by atoms with Crippen LogP contribution in [0.2, 0.25) is 0 Å². The van der Waals surface area contributed by atoms with E-state index in [2.05, 4.69) is 45.6 Å². The average molecular weight is 602 g/mol. The van der Waals surface area contributed by atoms with Crippen LogP contribution in [0.25, 0.3) is 0 Å². The lowest BCUT2D eigenvalue weighted by atomic mass is 9.92. The number of ether oxygens (including phenoxy) is 1. The average Bonchev–Trinajstić information content (AvgIpc) is 2.87. The summed E-state index contributed by atoms with van der Waals surface area (Å²) in [5.74, 6) is -1.34. The van der Waals surface area contributed by atoms with E-state index < -0.39 is 35.3 Å². The molecule has 4 rings (SSSR count). The fourth-order valence-corrected chi connectivity index (χ4v) is 5.37. The molecule has 3 aromatic carbocycles. The van der Waals surface area contributed by atoms with E-state index in [4.69, 9.17) is 4.74 Å². The maximum absolute atomic E-state index is 13.9. The van der Waals surface area contributed by atoms with Crippen LogP contribution < -0.4 is 15.4 Å². The summed E-state index contributed by atoms with van der Waals surface area (Å²) in [4.78, 5) is 13.6. The number of halogens is 3. The van der Waals surface area contributed by atoms with E-state index in [1.54, 1.807) is 6.07 Å². The molecule has 0 unspecified atom stereocenters. The van der Waals surface area contributed by atoms with Gasteiger partial charge in [0.25, 0.3) is 5.91 Å². The Balaban J connectivity index is 1.54. The molecule has 1 amide bonds. The topological polar surface area (TPSA) is 70.6 Å². The van der Waals surface area contributed by atoms with Crippen molar-refractivity contribution in [2.75, 3.05) is 6.54 Å². The van der Waals surface area contributed by atoms with Gasteiger partial charge in [-0.15, -0.1) is 0 Å². The molecule has 0 spiro atoms. The van der Waals surface area contributed by atoms with Crippen LogP contribution in [0, 0.1) is 11.6 Å². The third-order valence-electron chi connectivity index (χ3n) is 6.99. The minimum absolute atomic E-state index is 0.0388. The largest absolute Gasteiger partial charge is 0.487 e. The van der Waals surface area contributed by atoms with Crippen LogP contribution in [0.4, 0.5) is 8.78 Å². The molecule has 0 saturated heterocycles. The number of carbonyl (C=O) groups excluding carboxylic acids is 1. The molecule has 1 heterocycles. The highest BCUT2D eigenvalue weighted by molar-refractivity contribution is 9.10. The molecule has 3 aromatic rings. The molecule has 39 heavy (non-hydrogen) atoms. The standard InChI is InChI=1S/C31H35BrF2N2O3/c1-4-19-6-5-7-20(10-19)17-35-18-28(37)27(13-21-11-24(33)16-25(34)12-21)36-30(38)26-15-23(32)14-22-8-9-31(2,3)39-29(22)26/h5-7,10-12,14-16,27-28,35,37H,4,8-9,13,17-18H2,1-3H3,(H,36,38)/t27-,28-/m0/s1. The number of aliphatic hydroxyl groups is 1. The highest BCUT2D eigenvalue weighted by atomic mass is 79.9. The SMILES string of the molecule is CCc1cccc(CNC[C@H](O)[C@H](Cc2cc(F)cc(F)c2)NC(=O)c2cc(Br)cc3c2OC(C)(C)CC3)c1. The first-order valence-electron chi connectivity index (χ1n) is 13.3. The van der Waals surface area contributed by atoms with Gasteiger partial charge in [0.05, 0.1) is 17.7 Å². The maximum Gasteiger partial charge on any atom is 0.255 e. The number of aliphatic hydroxyl groups excluding tert-OH is 1. The molecule has 0 saturated carbocycles. The van der Waals surface area contributed by atoms with Crippen LogP contribution in [-0.2, 0) is 25.8 Å². The number of nitrogens with one attached hydrogen (secondary N) is 2.